The van der Waals surface area contributed by atoms with E-state index in [1.54, 1.807) is 6.92 Å². The molecule has 0 aliphatic carbocycles. The molecule has 1 aliphatic rings. The van der Waals surface area contributed by atoms with Crippen molar-refractivity contribution in [1.82, 2.24) is 4.98 Å². The summed E-state index contributed by atoms with van der Waals surface area (Å²) in [6.07, 6.45) is 0. The van der Waals surface area contributed by atoms with E-state index in [-0.39, 0.29) is 10.6 Å². The van der Waals surface area contributed by atoms with Crippen molar-refractivity contribution in [2.24, 2.45) is 0 Å². The molecule has 1 aromatic heterocycles. The zero-order chi connectivity index (χ0) is 13.3. The number of hydrogen-bond donors (Lipinski definition) is 0. The number of nitrogens with zero attached hydrogens (tertiary/aromatic N) is 3. The number of aryl methyl sites for hydroxylation is 2. The van der Waals surface area contributed by atoms with Gasteiger partial charge in [-0.05, 0) is 19.9 Å². The summed E-state index contributed by atoms with van der Waals surface area (Å²) in [7, 11) is 0. The quantitative estimate of drug-likeness (QED) is 0.609. The maximum atomic E-state index is 11.2. The van der Waals surface area contributed by atoms with Crippen molar-refractivity contribution in [2.75, 3.05) is 23.7 Å². The van der Waals surface area contributed by atoms with E-state index in [1.165, 1.54) is 0 Å². The first-order valence-corrected chi connectivity index (χ1v) is 7.03. The molecule has 1 saturated heterocycles. The monoisotopic (exact) mass is 267 g/mol. The largest absolute Gasteiger partial charge is 0.364 e. The minimum atomic E-state index is -0.316. The average molecular weight is 267 g/mol. The van der Waals surface area contributed by atoms with Crippen molar-refractivity contribution in [3.05, 3.63) is 27.6 Å². The van der Waals surface area contributed by atoms with Crippen LogP contribution in [0.3, 0.4) is 0 Å². The van der Waals surface area contributed by atoms with E-state index in [4.69, 9.17) is 0 Å². The minimum absolute atomic E-state index is 0.153. The molecule has 1 atom stereocenters. The molecule has 1 aromatic rings. The van der Waals surface area contributed by atoms with Crippen molar-refractivity contribution in [3.63, 3.8) is 0 Å². The van der Waals surface area contributed by atoms with Crippen LogP contribution in [0.1, 0.15) is 18.3 Å². The van der Waals surface area contributed by atoms with Crippen LogP contribution in [0.5, 0.6) is 0 Å². The minimum Gasteiger partial charge on any atom is -0.364 e. The third kappa shape index (κ3) is 2.58. The van der Waals surface area contributed by atoms with Gasteiger partial charge >= 0.3 is 5.69 Å². The molecule has 2 heterocycles. The van der Waals surface area contributed by atoms with Crippen LogP contribution in [0.2, 0.25) is 0 Å². The predicted molar refractivity (Wildman–Crippen MR) is 74.5 cm³/mol. The number of aromatic nitrogens is 1. The van der Waals surface area contributed by atoms with Crippen LogP contribution in [0.4, 0.5) is 11.4 Å². The van der Waals surface area contributed by atoms with Gasteiger partial charge in [-0.3, -0.25) is 15.1 Å². The van der Waals surface area contributed by atoms with E-state index in [0.717, 1.165) is 30.2 Å². The number of thioether (sulfide) groups is 1. The van der Waals surface area contributed by atoms with Gasteiger partial charge in [0, 0.05) is 29.8 Å². The molecule has 1 unspecified atom stereocenters. The van der Waals surface area contributed by atoms with Gasteiger partial charge < -0.3 is 4.90 Å². The second-order valence-corrected chi connectivity index (χ2v) is 6.15. The van der Waals surface area contributed by atoms with E-state index < -0.39 is 0 Å². The number of rotatable bonds is 2. The maximum Gasteiger partial charge on any atom is 0.313 e. The lowest BCUT2D eigenvalue weighted by Gasteiger charge is -2.32. The number of hydrogen-bond acceptors (Lipinski definition) is 5. The molecular formula is C12H17N3O2S. The lowest BCUT2D eigenvalue weighted by molar-refractivity contribution is -0.385. The SMILES string of the molecule is Cc1cc(N2CCSC(C)C2)c([N+](=O)[O-])c(C)n1. The normalized spacial score (nSPS) is 19.9. The van der Waals surface area contributed by atoms with Crippen LogP contribution in [-0.4, -0.2) is 34.0 Å². The molecule has 0 spiro atoms. The zero-order valence-corrected chi connectivity index (χ0v) is 11.7. The molecular weight excluding hydrogens is 250 g/mol. The molecule has 1 aliphatic heterocycles. The fourth-order valence-corrected chi connectivity index (χ4v) is 3.32. The van der Waals surface area contributed by atoms with Crippen LogP contribution in [0, 0.1) is 24.0 Å². The van der Waals surface area contributed by atoms with Gasteiger partial charge in [0.25, 0.3) is 0 Å². The van der Waals surface area contributed by atoms with E-state index in [9.17, 15) is 10.1 Å². The first kappa shape index (κ1) is 13.1. The molecule has 6 heteroatoms. The smallest absolute Gasteiger partial charge is 0.313 e. The van der Waals surface area contributed by atoms with Crippen molar-refractivity contribution in [1.29, 1.82) is 0 Å². The Bertz CT molecular complexity index is 479. The standard InChI is InChI=1S/C12H17N3O2S/c1-8-6-11(12(15(16)17)10(3)13-8)14-4-5-18-9(2)7-14/h6,9H,4-5,7H2,1-3H3. The van der Waals surface area contributed by atoms with Crippen LogP contribution in [0.15, 0.2) is 6.07 Å². The molecule has 0 N–H and O–H groups in total. The Kier molecular flexibility index (Phi) is 3.75. The van der Waals surface area contributed by atoms with Crippen LogP contribution < -0.4 is 4.90 Å². The summed E-state index contributed by atoms with van der Waals surface area (Å²) in [4.78, 5) is 17.2. The molecule has 18 heavy (non-hydrogen) atoms. The Morgan fingerprint density at radius 1 is 1.56 bits per heavy atom. The van der Waals surface area contributed by atoms with Crippen molar-refractivity contribution < 1.29 is 4.92 Å². The van der Waals surface area contributed by atoms with Crippen LogP contribution in [0.25, 0.3) is 0 Å². The molecule has 5 nitrogen and oxygen atoms in total. The summed E-state index contributed by atoms with van der Waals surface area (Å²) in [6, 6.07) is 1.83. The molecule has 0 radical (unpaired) electrons. The van der Waals surface area contributed by atoms with Crippen LogP contribution >= 0.6 is 11.8 Å². The molecule has 2 rings (SSSR count). The molecule has 1 fully saturated rings. The van der Waals surface area contributed by atoms with Gasteiger partial charge in [0.05, 0.1) is 4.92 Å². The highest BCUT2D eigenvalue weighted by Gasteiger charge is 2.26. The number of nitro groups is 1. The van der Waals surface area contributed by atoms with Gasteiger partial charge in [-0.1, -0.05) is 6.92 Å². The van der Waals surface area contributed by atoms with Gasteiger partial charge in [-0.15, -0.1) is 0 Å². The van der Waals surface area contributed by atoms with Crippen LogP contribution in [-0.2, 0) is 0 Å². The number of anilines is 1. The summed E-state index contributed by atoms with van der Waals surface area (Å²) >= 11 is 1.91. The van der Waals surface area contributed by atoms with Crippen molar-refractivity contribution in [3.8, 4) is 0 Å². The van der Waals surface area contributed by atoms with Gasteiger partial charge in [-0.2, -0.15) is 11.8 Å². The highest BCUT2D eigenvalue weighted by atomic mass is 32.2. The lowest BCUT2D eigenvalue weighted by Crippen LogP contribution is -2.37. The Balaban J connectivity index is 2.44. The average Bonchev–Trinajstić information content (AvgIpc) is 2.27. The second-order valence-electron chi connectivity index (χ2n) is 4.60. The third-order valence-electron chi connectivity index (χ3n) is 3.04. The van der Waals surface area contributed by atoms with E-state index >= 15 is 0 Å². The molecule has 0 aromatic carbocycles. The van der Waals surface area contributed by atoms with E-state index in [2.05, 4.69) is 16.8 Å². The second kappa shape index (κ2) is 5.14. The fraction of sp³-hybridized carbons (Fsp3) is 0.583. The predicted octanol–water partition coefficient (Wildman–Crippen LogP) is 2.55. The fourth-order valence-electron chi connectivity index (χ4n) is 2.31. The van der Waals surface area contributed by atoms with Gasteiger partial charge in [-0.25, -0.2) is 0 Å². The zero-order valence-electron chi connectivity index (χ0n) is 10.8. The Hall–Kier alpha value is -1.30. The summed E-state index contributed by atoms with van der Waals surface area (Å²) in [6.45, 7) is 7.45. The third-order valence-corrected chi connectivity index (χ3v) is 4.18. The van der Waals surface area contributed by atoms with Gasteiger partial charge in [0.1, 0.15) is 11.4 Å². The molecule has 0 amide bonds. The summed E-state index contributed by atoms with van der Waals surface area (Å²) in [5, 5.41) is 11.7. The highest BCUT2D eigenvalue weighted by Crippen LogP contribution is 2.33. The summed E-state index contributed by atoms with van der Waals surface area (Å²) < 4.78 is 0. The first-order valence-electron chi connectivity index (χ1n) is 5.98. The van der Waals surface area contributed by atoms with E-state index in [1.807, 2.05) is 24.8 Å². The highest BCUT2D eigenvalue weighted by molar-refractivity contribution is 8.00. The Morgan fingerprint density at radius 3 is 2.89 bits per heavy atom. The van der Waals surface area contributed by atoms with Gasteiger partial charge in [0.2, 0.25) is 0 Å². The molecule has 0 saturated carbocycles. The first-order chi connectivity index (χ1) is 8.49. The van der Waals surface area contributed by atoms with Crippen molar-refractivity contribution in [2.45, 2.75) is 26.0 Å². The maximum absolute atomic E-state index is 11.2. The Morgan fingerprint density at radius 2 is 2.28 bits per heavy atom. The summed E-state index contributed by atoms with van der Waals surface area (Å²) in [5.74, 6) is 1.01. The molecule has 98 valence electrons. The Labute approximate surface area is 111 Å². The number of pyridine rings is 1. The van der Waals surface area contributed by atoms with Gasteiger partial charge in [0.15, 0.2) is 0 Å². The topological polar surface area (TPSA) is 59.3 Å². The van der Waals surface area contributed by atoms with Crippen molar-refractivity contribution >= 4 is 23.1 Å². The summed E-state index contributed by atoms with van der Waals surface area (Å²) in [5.41, 5.74) is 2.21. The lowest BCUT2D eigenvalue weighted by atomic mass is 10.2. The van der Waals surface area contributed by atoms with E-state index in [0.29, 0.717) is 10.9 Å². The molecule has 0 bridgehead atoms.